The summed E-state index contributed by atoms with van der Waals surface area (Å²) in [6, 6.07) is 7.60. The summed E-state index contributed by atoms with van der Waals surface area (Å²) < 4.78 is 5.67. The summed E-state index contributed by atoms with van der Waals surface area (Å²) in [6.45, 7) is 5.01. The zero-order valence-electron chi connectivity index (χ0n) is 16.6. The molecule has 1 aliphatic carbocycles. The van der Waals surface area contributed by atoms with Gasteiger partial charge < -0.3 is 15.0 Å². The number of likely N-dealkylation sites (tertiary alicyclic amines) is 1. The van der Waals surface area contributed by atoms with Gasteiger partial charge in [0.2, 0.25) is 0 Å². The van der Waals surface area contributed by atoms with Crippen LogP contribution in [0.3, 0.4) is 0 Å². The molecule has 1 N–H and O–H groups in total. The molecular formula is C22H32N2O3. The maximum absolute atomic E-state index is 12.5. The van der Waals surface area contributed by atoms with E-state index in [-0.39, 0.29) is 30.5 Å². The Morgan fingerprint density at radius 3 is 2.26 bits per heavy atom. The van der Waals surface area contributed by atoms with Crippen molar-refractivity contribution < 1.29 is 14.3 Å². The van der Waals surface area contributed by atoms with Gasteiger partial charge in [-0.05, 0) is 76.1 Å². The van der Waals surface area contributed by atoms with Crippen LogP contribution in [0.5, 0.6) is 5.75 Å². The summed E-state index contributed by atoms with van der Waals surface area (Å²) in [6.07, 6.45) is 8.28. The standard InChI is InChI=1S/C22H32N2O3/c1-16-6-5-7-17(2)24(16)21(25)15-27-20-12-10-19(11-13-20)22(26)23-14-18-8-3-4-9-18/h10-13,16-18H,3-9,14-15H2,1-2H3,(H,23,26). The molecule has 1 aromatic rings. The average Bonchev–Trinajstić information content (AvgIpc) is 3.18. The second-order valence-electron chi connectivity index (χ2n) is 8.10. The zero-order chi connectivity index (χ0) is 19.2. The SMILES string of the molecule is CC1CCCC(C)N1C(=O)COc1ccc(C(=O)NCC2CCCC2)cc1. The van der Waals surface area contributed by atoms with Crippen molar-refractivity contribution in [1.82, 2.24) is 10.2 Å². The number of carbonyl (C=O) groups is 2. The zero-order valence-corrected chi connectivity index (χ0v) is 16.6. The lowest BCUT2D eigenvalue weighted by atomic mass is 9.97. The van der Waals surface area contributed by atoms with Gasteiger partial charge >= 0.3 is 0 Å². The first-order valence-corrected chi connectivity index (χ1v) is 10.4. The Kier molecular flexibility index (Phi) is 6.75. The molecule has 27 heavy (non-hydrogen) atoms. The van der Waals surface area contributed by atoms with Crippen LogP contribution in [0.2, 0.25) is 0 Å². The van der Waals surface area contributed by atoms with Gasteiger partial charge in [0.15, 0.2) is 6.61 Å². The first-order chi connectivity index (χ1) is 13.0. The summed E-state index contributed by atoms with van der Waals surface area (Å²) in [5.74, 6) is 1.24. The molecule has 2 unspecified atom stereocenters. The number of nitrogens with one attached hydrogen (secondary N) is 1. The number of carbonyl (C=O) groups excluding carboxylic acids is 2. The number of amides is 2. The van der Waals surface area contributed by atoms with Gasteiger partial charge in [-0.15, -0.1) is 0 Å². The molecule has 148 valence electrons. The highest BCUT2D eigenvalue weighted by molar-refractivity contribution is 5.94. The van der Waals surface area contributed by atoms with Gasteiger partial charge in [0, 0.05) is 24.2 Å². The van der Waals surface area contributed by atoms with Crippen molar-refractivity contribution in [2.24, 2.45) is 5.92 Å². The van der Waals surface area contributed by atoms with Crippen LogP contribution in [0.4, 0.5) is 0 Å². The Bertz CT molecular complexity index is 627. The molecule has 2 atom stereocenters. The minimum absolute atomic E-state index is 0.0353. The normalized spacial score (nSPS) is 23.3. The van der Waals surface area contributed by atoms with E-state index in [4.69, 9.17) is 4.74 Å². The lowest BCUT2D eigenvalue weighted by molar-refractivity contribution is -0.139. The molecule has 1 saturated carbocycles. The molecule has 1 heterocycles. The number of benzene rings is 1. The van der Waals surface area contributed by atoms with E-state index in [1.54, 1.807) is 24.3 Å². The van der Waals surface area contributed by atoms with E-state index in [1.807, 2.05) is 4.90 Å². The Hall–Kier alpha value is -2.04. The van der Waals surface area contributed by atoms with E-state index in [9.17, 15) is 9.59 Å². The van der Waals surface area contributed by atoms with Crippen LogP contribution < -0.4 is 10.1 Å². The molecule has 0 bridgehead atoms. The van der Waals surface area contributed by atoms with Crippen LogP contribution >= 0.6 is 0 Å². The third-order valence-electron chi connectivity index (χ3n) is 5.99. The molecule has 2 aliphatic rings. The molecule has 0 aromatic heterocycles. The van der Waals surface area contributed by atoms with Crippen molar-refractivity contribution >= 4 is 11.8 Å². The maximum atomic E-state index is 12.5. The van der Waals surface area contributed by atoms with Crippen LogP contribution in [0, 0.1) is 5.92 Å². The number of ether oxygens (including phenoxy) is 1. The lowest BCUT2D eigenvalue weighted by Gasteiger charge is -2.38. The summed E-state index contributed by atoms with van der Waals surface area (Å²) >= 11 is 0. The van der Waals surface area contributed by atoms with Crippen LogP contribution in [-0.2, 0) is 4.79 Å². The Labute approximate surface area is 162 Å². The van der Waals surface area contributed by atoms with Gasteiger partial charge in [-0.25, -0.2) is 0 Å². The predicted molar refractivity (Wildman–Crippen MR) is 106 cm³/mol. The third-order valence-corrected chi connectivity index (χ3v) is 5.99. The maximum Gasteiger partial charge on any atom is 0.260 e. The topological polar surface area (TPSA) is 58.6 Å². The fraction of sp³-hybridized carbons (Fsp3) is 0.636. The minimum atomic E-state index is -0.0412. The van der Waals surface area contributed by atoms with Crippen molar-refractivity contribution in [2.75, 3.05) is 13.2 Å². The van der Waals surface area contributed by atoms with E-state index in [0.29, 0.717) is 17.2 Å². The number of rotatable bonds is 6. The Morgan fingerprint density at radius 1 is 1.00 bits per heavy atom. The monoisotopic (exact) mass is 372 g/mol. The number of hydrogen-bond donors (Lipinski definition) is 1. The van der Waals surface area contributed by atoms with E-state index >= 15 is 0 Å². The second kappa shape index (κ2) is 9.25. The first-order valence-electron chi connectivity index (χ1n) is 10.4. The molecule has 5 heteroatoms. The quantitative estimate of drug-likeness (QED) is 0.827. The molecule has 5 nitrogen and oxygen atoms in total. The molecule has 1 saturated heterocycles. The molecule has 1 aliphatic heterocycles. The van der Waals surface area contributed by atoms with E-state index in [1.165, 1.54) is 32.1 Å². The van der Waals surface area contributed by atoms with Crippen molar-refractivity contribution in [2.45, 2.75) is 70.9 Å². The summed E-state index contributed by atoms with van der Waals surface area (Å²) in [4.78, 5) is 26.7. The Balaban J connectivity index is 1.47. The summed E-state index contributed by atoms with van der Waals surface area (Å²) in [5, 5.41) is 3.02. The molecule has 0 spiro atoms. The number of hydrogen-bond acceptors (Lipinski definition) is 3. The highest BCUT2D eigenvalue weighted by Crippen LogP contribution is 2.24. The van der Waals surface area contributed by atoms with Crippen molar-refractivity contribution in [1.29, 1.82) is 0 Å². The smallest absolute Gasteiger partial charge is 0.260 e. The second-order valence-corrected chi connectivity index (χ2v) is 8.10. The minimum Gasteiger partial charge on any atom is -0.484 e. The van der Waals surface area contributed by atoms with Crippen LogP contribution in [0.25, 0.3) is 0 Å². The highest BCUT2D eigenvalue weighted by Gasteiger charge is 2.29. The van der Waals surface area contributed by atoms with Gasteiger partial charge in [-0.2, -0.15) is 0 Å². The van der Waals surface area contributed by atoms with Crippen LogP contribution in [-0.4, -0.2) is 41.9 Å². The van der Waals surface area contributed by atoms with E-state index < -0.39 is 0 Å². The van der Waals surface area contributed by atoms with Crippen molar-refractivity contribution in [3.8, 4) is 5.75 Å². The van der Waals surface area contributed by atoms with Crippen molar-refractivity contribution in [3.05, 3.63) is 29.8 Å². The largest absolute Gasteiger partial charge is 0.484 e. The van der Waals surface area contributed by atoms with E-state index in [2.05, 4.69) is 19.2 Å². The van der Waals surface area contributed by atoms with Gasteiger partial charge in [0.05, 0.1) is 0 Å². The molecule has 1 aromatic carbocycles. The van der Waals surface area contributed by atoms with Crippen LogP contribution in [0.1, 0.15) is 69.2 Å². The predicted octanol–water partition coefficient (Wildman–Crippen LogP) is 3.77. The number of nitrogens with zero attached hydrogens (tertiary/aromatic N) is 1. The van der Waals surface area contributed by atoms with Crippen molar-refractivity contribution in [3.63, 3.8) is 0 Å². The van der Waals surface area contributed by atoms with E-state index in [0.717, 1.165) is 19.4 Å². The lowest BCUT2D eigenvalue weighted by Crippen LogP contribution is -2.49. The Morgan fingerprint density at radius 2 is 1.63 bits per heavy atom. The first kappa shape index (κ1) is 19.7. The molecule has 3 rings (SSSR count). The highest BCUT2D eigenvalue weighted by atomic mass is 16.5. The molecule has 2 fully saturated rings. The molecular weight excluding hydrogens is 340 g/mol. The van der Waals surface area contributed by atoms with Gasteiger partial charge in [0.1, 0.15) is 5.75 Å². The average molecular weight is 373 g/mol. The van der Waals surface area contributed by atoms with Crippen LogP contribution in [0.15, 0.2) is 24.3 Å². The van der Waals surface area contributed by atoms with Gasteiger partial charge in [0.25, 0.3) is 11.8 Å². The summed E-state index contributed by atoms with van der Waals surface area (Å²) in [7, 11) is 0. The molecule has 0 radical (unpaired) electrons. The number of piperidine rings is 1. The summed E-state index contributed by atoms with van der Waals surface area (Å²) in [5.41, 5.74) is 0.630. The molecule has 2 amide bonds. The fourth-order valence-corrected chi connectivity index (χ4v) is 4.39. The van der Waals surface area contributed by atoms with Gasteiger partial charge in [-0.3, -0.25) is 9.59 Å². The third kappa shape index (κ3) is 5.24. The van der Waals surface area contributed by atoms with Gasteiger partial charge in [-0.1, -0.05) is 12.8 Å². The fourth-order valence-electron chi connectivity index (χ4n) is 4.39.